The minimum Gasteiger partial charge on any atom is -0.497 e. The van der Waals surface area contributed by atoms with Gasteiger partial charge in [0.1, 0.15) is 5.75 Å². The van der Waals surface area contributed by atoms with E-state index in [1.807, 2.05) is 0 Å². The molecule has 0 spiro atoms. The number of hydrogen-bond donors (Lipinski definition) is 0. The standard InChI is InChI=1S/C9H11FO2/c1-6-4-7(11-2)5-8(10)9(6)12-3/h4-5H,1-3H3. The molecule has 0 radical (unpaired) electrons. The highest BCUT2D eigenvalue weighted by molar-refractivity contribution is 5.40. The van der Waals surface area contributed by atoms with Crippen LogP contribution in [0.2, 0.25) is 0 Å². The maximum Gasteiger partial charge on any atom is 0.169 e. The third-order valence-corrected chi connectivity index (χ3v) is 1.64. The van der Waals surface area contributed by atoms with Gasteiger partial charge in [-0.25, -0.2) is 4.39 Å². The maximum absolute atomic E-state index is 13.1. The number of benzene rings is 1. The third-order valence-electron chi connectivity index (χ3n) is 1.64. The van der Waals surface area contributed by atoms with Crippen LogP contribution in [0.15, 0.2) is 12.1 Å². The fraction of sp³-hybridized carbons (Fsp3) is 0.333. The topological polar surface area (TPSA) is 18.5 Å². The summed E-state index contributed by atoms with van der Waals surface area (Å²) in [6.45, 7) is 1.77. The molecule has 0 saturated carbocycles. The van der Waals surface area contributed by atoms with Crippen LogP contribution in [0, 0.1) is 12.7 Å². The first-order valence-corrected chi connectivity index (χ1v) is 3.57. The predicted octanol–water partition coefficient (Wildman–Crippen LogP) is 2.15. The zero-order valence-corrected chi connectivity index (χ0v) is 7.35. The SMILES string of the molecule is COc1cc(C)c(OC)c(F)c1. The van der Waals surface area contributed by atoms with Crippen molar-refractivity contribution in [2.45, 2.75) is 6.92 Å². The van der Waals surface area contributed by atoms with Crippen molar-refractivity contribution >= 4 is 0 Å². The summed E-state index contributed by atoms with van der Waals surface area (Å²) < 4.78 is 22.8. The number of aryl methyl sites for hydroxylation is 1. The Labute approximate surface area is 70.9 Å². The zero-order valence-electron chi connectivity index (χ0n) is 7.35. The molecule has 3 heteroatoms. The van der Waals surface area contributed by atoms with Gasteiger partial charge < -0.3 is 9.47 Å². The molecule has 0 unspecified atom stereocenters. The summed E-state index contributed by atoms with van der Waals surface area (Å²) in [6, 6.07) is 3.02. The summed E-state index contributed by atoms with van der Waals surface area (Å²) in [7, 11) is 2.94. The van der Waals surface area contributed by atoms with E-state index in [9.17, 15) is 4.39 Å². The van der Waals surface area contributed by atoms with E-state index < -0.39 is 5.82 Å². The molecule has 0 aliphatic rings. The molecule has 0 N–H and O–H groups in total. The van der Waals surface area contributed by atoms with Crippen molar-refractivity contribution in [3.63, 3.8) is 0 Å². The fourth-order valence-electron chi connectivity index (χ4n) is 1.08. The Kier molecular flexibility index (Phi) is 2.53. The van der Waals surface area contributed by atoms with E-state index in [0.717, 1.165) is 5.56 Å². The lowest BCUT2D eigenvalue weighted by atomic mass is 10.2. The maximum atomic E-state index is 13.1. The molecule has 1 aromatic rings. The Balaban J connectivity index is 3.18. The van der Waals surface area contributed by atoms with Crippen LogP contribution in [-0.4, -0.2) is 14.2 Å². The zero-order chi connectivity index (χ0) is 9.14. The fourth-order valence-corrected chi connectivity index (χ4v) is 1.08. The van der Waals surface area contributed by atoms with Gasteiger partial charge in [-0.1, -0.05) is 0 Å². The molecule has 12 heavy (non-hydrogen) atoms. The van der Waals surface area contributed by atoms with Gasteiger partial charge in [0, 0.05) is 6.07 Å². The van der Waals surface area contributed by atoms with Crippen LogP contribution in [-0.2, 0) is 0 Å². The molecule has 1 rings (SSSR count). The Morgan fingerprint density at radius 2 is 1.83 bits per heavy atom. The smallest absolute Gasteiger partial charge is 0.169 e. The Morgan fingerprint density at radius 1 is 1.17 bits per heavy atom. The lowest BCUT2D eigenvalue weighted by molar-refractivity contribution is 0.374. The van der Waals surface area contributed by atoms with Gasteiger partial charge >= 0.3 is 0 Å². The van der Waals surface area contributed by atoms with E-state index in [4.69, 9.17) is 9.47 Å². The van der Waals surface area contributed by atoms with Gasteiger partial charge in [-0.3, -0.25) is 0 Å². The molecular weight excluding hydrogens is 159 g/mol. The van der Waals surface area contributed by atoms with Crippen LogP contribution in [0.1, 0.15) is 5.56 Å². The van der Waals surface area contributed by atoms with Crippen molar-refractivity contribution in [3.05, 3.63) is 23.5 Å². The monoisotopic (exact) mass is 170 g/mol. The second-order valence-electron chi connectivity index (χ2n) is 2.46. The van der Waals surface area contributed by atoms with E-state index in [-0.39, 0.29) is 5.75 Å². The van der Waals surface area contributed by atoms with Gasteiger partial charge in [0.25, 0.3) is 0 Å². The first-order valence-electron chi connectivity index (χ1n) is 3.57. The molecule has 0 amide bonds. The summed E-state index contributed by atoms with van der Waals surface area (Å²) in [4.78, 5) is 0. The largest absolute Gasteiger partial charge is 0.497 e. The van der Waals surface area contributed by atoms with Crippen molar-refractivity contribution in [2.75, 3.05) is 14.2 Å². The highest BCUT2D eigenvalue weighted by Gasteiger charge is 2.07. The molecule has 0 heterocycles. The first-order chi connectivity index (χ1) is 5.69. The second kappa shape index (κ2) is 3.43. The van der Waals surface area contributed by atoms with Gasteiger partial charge in [-0.2, -0.15) is 0 Å². The van der Waals surface area contributed by atoms with Crippen molar-refractivity contribution in [2.24, 2.45) is 0 Å². The average molecular weight is 170 g/mol. The first kappa shape index (κ1) is 8.84. The Hall–Kier alpha value is -1.25. The van der Waals surface area contributed by atoms with Gasteiger partial charge in [0.15, 0.2) is 11.6 Å². The summed E-state index contributed by atoms with van der Waals surface area (Å²) in [5.74, 6) is 0.385. The van der Waals surface area contributed by atoms with E-state index in [0.29, 0.717) is 5.75 Å². The molecule has 0 fully saturated rings. The van der Waals surface area contributed by atoms with Crippen molar-refractivity contribution in [3.8, 4) is 11.5 Å². The van der Waals surface area contributed by atoms with E-state index in [1.54, 1.807) is 13.0 Å². The predicted molar refractivity (Wildman–Crippen MR) is 44.2 cm³/mol. The van der Waals surface area contributed by atoms with Crippen molar-refractivity contribution < 1.29 is 13.9 Å². The van der Waals surface area contributed by atoms with Gasteiger partial charge in [0.2, 0.25) is 0 Å². The van der Waals surface area contributed by atoms with E-state index >= 15 is 0 Å². The molecule has 0 atom stereocenters. The molecule has 0 aliphatic carbocycles. The van der Waals surface area contributed by atoms with Gasteiger partial charge in [-0.05, 0) is 18.6 Å². The molecule has 1 aromatic carbocycles. The summed E-state index contributed by atoms with van der Waals surface area (Å²) in [6.07, 6.45) is 0. The Morgan fingerprint density at radius 3 is 2.25 bits per heavy atom. The normalized spacial score (nSPS) is 9.67. The average Bonchev–Trinajstić information content (AvgIpc) is 2.03. The summed E-state index contributed by atoms with van der Waals surface area (Å²) >= 11 is 0. The lowest BCUT2D eigenvalue weighted by Gasteiger charge is -2.07. The second-order valence-corrected chi connectivity index (χ2v) is 2.46. The van der Waals surface area contributed by atoms with Crippen molar-refractivity contribution in [1.82, 2.24) is 0 Å². The molecule has 0 bridgehead atoms. The van der Waals surface area contributed by atoms with Crippen LogP contribution in [0.3, 0.4) is 0 Å². The van der Waals surface area contributed by atoms with E-state index in [2.05, 4.69) is 0 Å². The number of rotatable bonds is 2. The van der Waals surface area contributed by atoms with E-state index in [1.165, 1.54) is 20.3 Å². The summed E-state index contributed by atoms with van der Waals surface area (Å²) in [5.41, 5.74) is 0.731. The molecule has 66 valence electrons. The Bertz CT molecular complexity index is 261. The minimum absolute atomic E-state index is 0.274. The van der Waals surface area contributed by atoms with Crippen LogP contribution in [0.4, 0.5) is 4.39 Å². The third kappa shape index (κ3) is 1.49. The van der Waals surface area contributed by atoms with Gasteiger partial charge in [-0.15, -0.1) is 0 Å². The van der Waals surface area contributed by atoms with Crippen LogP contribution < -0.4 is 9.47 Å². The quantitative estimate of drug-likeness (QED) is 0.677. The lowest BCUT2D eigenvalue weighted by Crippen LogP contribution is -1.93. The molecule has 0 aliphatic heterocycles. The number of halogens is 1. The molecule has 0 aromatic heterocycles. The highest BCUT2D eigenvalue weighted by Crippen LogP contribution is 2.26. The number of methoxy groups -OCH3 is 2. The number of ether oxygens (including phenoxy) is 2. The van der Waals surface area contributed by atoms with Crippen LogP contribution in [0.5, 0.6) is 11.5 Å². The minimum atomic E-state index is -0.394. The number of hydrogen-bond acceptors (Lipinski definition) is 2. The molecule has 0 saturated heterocycles. The van der Waals surface area contributed by atoms with Crippen molar-refractivity contribution in [1.29, 1.82) is 0 Å². The van der Waals surface area contributed by atoms with Gasteiger partial charge in [0.05, 0.1) is 14.2 Å². The molecular formula is C9H11FO2. The molecule has 2 nitrogen and oxygen atoms in total. The van der Waals surface area contributed by atoms with Crippen LogP contribution in [0.25, 0.3) is 0 Å². The van der Waals surface area contributed by atoms with Crippen LogP contribution >= 0.6 is 0 Å². The summed E-state index contributed by atoms with van der Waals surface area (Å²) in [5, 5.41) is 0. The highest BCUT2D eigenvalue weighted by atomic mass is 19.1.